The van der Waals surface area contributed by atoms with E-state index in [2.05, 4.69) is 48.7 Å². The summed E-state index contributed by atoms with van der Waals surface area (Å²) >= 11 is 7.24. The number of nitrogens with one attached hydrogen (secondary N) is 2. The molecule has 174 valence electrons. The largest absolute Gasteiger partial charge is 0.465 e. The van der Waals surface area contributed by atoms with E-state index in [4.69, 9.17) is 22.1 Å². The molecule has 2 N–H and O–H groups in total. The SMILES string of the molecule is COC(=O)c1c(NC(=S)Nc2c(C)nn(Cc3ccc(C)cc3)c2C)sc2c1CCC(C)C2. The quantitative estimate of drug-likeness (QED) is 0.362. The van der Waals surface area contributed by atoms with Gasteiger partial charge in [-0.25, -0.2) is 4.79 Å². The van der Waals surface area contributed by atoms with Crippen LogP contribution in [-0.4, -0.2) is 28.0 Å². The lowest BCUT2D eigenvalue weighted by Gasteiger charge is -2.18. The lowest BCUT2D eigenvalue weighted by molar-refractivity contribution is 0.0601. The standard InChI is InChI=1S/C25H30N4O2S2/c1-14-6-9-18(10-7-14)13-29-17(4)22(16(3)28-29)26-25(32)27-23-21(24(30)31-5)19-11-8-15(2)12-20(19)33-23/h6-7,9-10,15H,8,11-13H2,1-5H3,(H2,26,27,32). The summed E-state index contributed by atoms with van der Waals surface area (Å²) in [5, 5.41) is 12.5. The van der Waals surface area contributed by atoms with Crippen LogP contribution in [0.3, 0.4) is 0 Å². The van der Waals surface area contributed by atoms with Crippen molar-refractivity contribution in [3.63, 3.8) is 0 Å². The van der Waals surface area contributed by atoms with Crippen LogP contribution in [0.25, 0.3) is 0 Å². The highest BCUT2D eigenvalue weighted by Gasteiger charge is 2.28. The molecular formula is C25H30N4O2S2. The average molecular weight is 483 g/mol. The van der Waals surface area contributed by atoms with E-state index in [-0.39, 0.29) is 5.97 Å². The number of ether oxygens (including phenoxy) is 1. The summed E-state index contributed by atoms with van der Waals surface area (Å²) in [5.41, 5.74) is 6.92. The first kappa shape index (κ1) is 23.4. The van der Waals surface area contributed by atoms with E-state index >= 15 is 0 Å². The number of hydrogen-bond acceptors (Lipinski definition) is 5. The highest BCUT2D eigenvalue weighted by atomic mass is 32.1. The molecule has 0 aliphatic heterocycles. The third-order valence-corrected chi connectivity index (χ3v) is 7.58. The molecule has 1 unspecified atom stereocenters. The zero-order chi connectivity index (χ0) is 23.7. The number of anilines is 2. The topological polar surface area (TPSA) is 68.2 Å². The number of carbonyl (C=O) groups is 1. The van der Waals surface area contributed by atoms with Crippen LogP contribution in [0, 0.1) is 26.7 Å². The van der Waals surface area contributed by atoms with E-state index in [1.54, 1.807) is 11.3 Å². The first-order valence-corrected chi connectivity index (χ1v) is 12.4. The Morgan fingerprint density at radius 2 is 1.97 bits per heavy atom. The normalized spacial score (nSPS) is 15.1. The van der Waals surface area contributed by atoms with Crippen LogP contribution in [0.4, 0.5) is 10.7 Å². The van der Waals surface area contributed by atoms with Gasteiger partial charge in [0.1, 0.15) is 5.00 Å². The molecule has 33 heavy (non-hydrogen) atoms. The Bertz CT molecular complexity index is 1190. The number of thiophene rings is 1. The molecule has 0 saturated carbocycles. The van der Waals surface area contributed by atoms with Gasteiger partial charge >= 0.3 is 5.97 Å². The van der Waals surface area contributed by atoms with Crippen LogP contribution in [0.5, 0.6) is 0 Å². The third-order valence-electron chi connectivity index (χ3n) is 6.20. The summed E-state index contributed by atoms with van der Waals surface area (Å²) in [5.74, 6) is 0.301. The lowest BCUT2D eigenvalue weighted by Crippen LogP contribution is -2.21. The van der Waals surface area contributed by atoms with Gasteiger partial charge < -0.3 is 15.4 Å². The van der Waals surface area contributed by atoms with Crippen molar-refractivity contribution in [1.29, 1.82) is 0 Å². The smallest absolute Gasteiger partial charge is 0.341 e. The predicted molar refractivity (Wildman–Crippen MR) is 139 cm³/mol. The van der Waals surface area contributed by atoms with Crippen LogP contribution in [0.15, 0.2) is 24.3 Å². The third kappa shape index (κ3) is 4.96. The Morgan fingerprint density at radius 1 is 1.24 bits per heavy atom. The van der Waals surface area contributed by atoms with Crippen LogP contribution in [-0.2, 0) is 24.1 Å². The van der Waals surface area contributed by atoms with Crippen molar-refractivity contribution < 1.29 is 9.53 Å². The Hall–Kier alpha value is -2.71. The molecule has 0 amide bonds. The summed E-state index contributed by atoms with van der Waals surface area (Å²) < 4.78 is 7.07. The molecule has 3 aromatic rings. The summed E-state index contributed by atoms with van der Waals surface area (Å²) in [4.78, 5) is 13.8. The highest BCUT2D eigenvalue weighted by molar-refractivity contribution is 7.80. The van der Waals surface area contributed by atoms with E-state index in [1.165, 1.54) is 23.1 Å². The van der Waals surface area contributed by atoms with Gasteiger partial charge in [-0.3, -0.25) is 4.68 Å². The van der Waals surface area contributed by atoms with Crippen molar-refractivity contribution in [3.05, 3.63) is 62.8 Å². The minimum absolute atomic E-state index is 0.314. The van der Waals surface area contributed by atoms with Crippen molar-refractivity contribution >= 4 is 45.3 Å². The molecule has 0 spiro atoms. The Kier molecular flexibility index (Phi) is 6.86. The summed E-state index contributed by atoms with van der Waals surface area (Å²) in [6.07, 6.45) is 2.95. The molecule has 6 nitrogen and oxygen atoms in total. The summed E-state index contributed by atoms with van der Waals surface area (Å²) in [6.45, 7) is 9.02. The number of nitrogens with zero attached hydrogens (tertiary/aromatic N) is 2. The number of aryl methyl sites for hydroxylation is 2. The number of methoxy groups -OCH3 is 1. The van der Waals surface area contributed by atoms with E-state index < -0.39 is 0 Å². The lowest BCUT2D eigenvalue weighted by atomic mass is 9.88. The molecule has 1 aliphatic carbocycles. The van der Waals surface area contributed by atoms with Crippen LogP contribution in [0.1, 0.15) is 56.7 Å². The fourth-order valence-corrected chi connectivity index (χ4v) is 5.97. The number of benzene rings is 1. The van der Waals surface area contributed by atoms with Crippen molar-refractivity contribution in [2.45, 2.75) is 53.5 Å². The second kappa shape index (κ2) is 9.65. The van der Waals surface area contributed by atoms with E-state index in [0.29, 0.717) is 23.1 Å². The number of rotatable bonds is 5. The number of hydrogen-bond donors (Lipinski definition) is 2. The van der Waals surface area contributed by atoms with Crippen LogP contribution in [0.2, 0.25) is 0 Å². The van der Waals surface area contributed by atoms with E-state index in [1.807, 2.05) is 18.5 Å². The van der Waals surface area contributed by atoms with Crippen LogP contribution < -0.4 is 10.6 Å². The van der Waals surface area contributed by atoms with Crippen molar-refractivity contribution in [2.75, 3.05) is 17.7 Å². The van der Waals surface area contributed by atoms with Crippen molar-refractivity contribution in [1.82, 2.24) is 9.78 Å². The molecule has 0 radical (unpaired) electrons. The molecule has 1 aromatic carbocycles. The van der Waals surface area contributed by atoms with E-state index in [9.17, 15) is 4.79 Å². The molecule has 2 aromatic heterocycles. The molecule has 1 atom stereocenters. The van der Waals surface area contributed by atoms with Crippen molar-refractivity contribution in [3.8, 4) is 0 Å². The van der Waals surface area contributed by atoms with Gasteiger partial charge in [-0.2, -0.15) is 5.10 Å². The molecule has 0 bridgehead atoms. The Morgan fingerprint density at radius 3 is 2.67 bits per heavy atom. The number of aromatic nitrogens is 2. The molecule has 0 fully saturated rings. The van der Waals surface area contributed by atoms with Gasteiger partial charge in [-0.05, 0) is 69.3 Å². The number of fused-ring (bicyclic) bond motifs is 1. The number of carbonyl (C=O) groups excluding carboxylic acids is 1. The van der Waals surface area contributed by atoms with Crippen molar-refractivity contribution in [2.24, 2.45) is 5.92 Å². The maximum atomic E-state index is 12.6. The van der Waals surface area contributed by atoms with Gasteiger partial charge in [-0.15, -0.1) is 11.3 Å². The maximum absolute atomic E-state index is 12.6. The summed E-state index contributed by atoms with van der Waals surface area (Å²) in [6, 6.07) is 8.47. The van der Waals surface area contributed by atoms with E-state index in [0.717, 1.165) is 46.9 Å². The van der Waals surface area contributed by atoms with Gasteiger partial charge in [0.25, 0.3) is 0 Å². The number of esters is 1. The molecule has 1 aliphatic rings. The molecule has 2 heterocycles. The minimum Gasteiger partial charge on any atom is -0.465 e. The van der Waals surface area contributed by atoms with Gasteiger partial charge in [0, 0.05) is 4.88 Å². The monoisotopic (exact) mass is 482 g/mol. The minimum atomic E-state index is -0.314. The first-order valence-electron chi connectivity index (χ1n) is 11.2. The summed E-state index contributed by atoms with van der Waals surface area (Å²) in [7, 11) is 1.42. The fraction of sp³-hybridized carbons (Fsp3) is 0.400. The fourth-order valence-electron chi connectivity index (χ4n) is 4.30. The maximum Gasteiger partial charge on any atom is 0.341 e. The molecule has 4 rings (SSSR count). The second-order valence-electron chi connectivity index (χ2n) is 8.82. The zero-order valence-electron chi connectivity index (χ0n) is 19.7. The predicted octanol–water partition coefficient (Wildman–Crippen LogP) is 5.64. The molecule has 0 saturated heterocycles. The Balaban J connectivity index is 1.53. The van der Waals surface area contributed by atoms with Gasteiger partial charge in [-0.1, -0.05) is 36.8 Å². The number of thiocarbonyl (C=S) groups is 1. The average Bonchev–Trinajstić information content (AvgIpc) is 3.25. The second-order valence-corrected chi connectivity index (χ2v) is 10.3. The first-order chi connectivity index (χ1) is 15.8. The molecule has 8 heteroatoms. The Labute approximate surface area is 204 Å². The van der Waals surface area contributed by atoms with Gasteiger partial charge in [0.15, 0.2) is 5.11 Å². The van der Waals surface area contributed by atoms with Crippen LogP contribution >= 0.6 is 23.6 Å². The highest BCUT2D eigenvalue weighted by Crippen LogP contribution is 2.40. The van der Waals surface area contributed by atoms with Gasteiger partial charge in [0.2, 0.25) is 0 Å². The van der Waals surface area contributed by atoms with Gasteiger partial charge in [0.05, 0.1) is 36.3 Å². The molecular weight excluding hydrogens is 452 g/mol. The zero-order valence-corrected chi connectivity index (χ0v) is 21.4.